The van der Waals surface area contributed by atoms with E-state index in [1.54, 1.807) is 0 Å². The third kappa shape index (κ3) is 4.32. The van der Waals surface area contributed by atoms with E-state index in [9.17, 15) is 9.59 Å². The molecule has 5 rings (SSSR count). The third-order valence-electron chi connectivity index (χ3n) is 11.3. The predicted octanol–water partition coefficient (Wildman–Crippen LogP) is 7.17. The highest BCUT2D eigenvalue weighted by molar-refractivity contribution is 6.30. The fraction of sp³-hybridized carbons (Fsp3) is 0.733. The van der Waals surface area contributed by atoms with Crippen LogP contribution in [0.25, 0.3) is 0 Å². The lowest BCUT2D eigenvalue weighted by atomic mass is 9.46. The maximum Gasteiger partial charge on any atom is 0.224 e. The van der Waals surface area contributed by atoms with E-state index in [1.807, 2.05) is 31.3 Å². The molecule has 0 spiro atoms. The van der Waals surface area contributed by atoms with Gasteiger partial charge in [-0.05, 0) is 116 Å². The summed E-state index contributed by atoms with van der Waals surface area (Å²) in [5.74, 6) is 4.08. The molecule has 4 aliphatic rings. The minimum atomic E-state index is 0.102. The van der Waals surface area contributed by atoms with Crippen molar-refractivity contribution in [3.63, 3.8) is 0 Å². The molecule has 1 saturated heterocycles. The molecule has 0 bridgehead atoms. The van der Waals surface area contributed by atoms with Crippen LogP contribution in [0.15, 0.2) is 24.3 Å². The first-order chi connectivity index (χ1) is 16.6. The Hall–Kier alpha value is -1.55. The Morgan fingerprint density at radius 1 is 1.06 bits per heavy atom. The molecule has 35 heavy (non-hydrogen) atoms. The molecule has 0 aromatic heterocycles. The van der Waals surface area contributed by atoms with Crippen LogP contribution in [0.5, 0.6) is 0 Å². The summed E-state index contributed by atoms with van der Waals surface area (Å²) in [6, 6.07) is 7.78. The number of carbonyl (C=O) groups is 2. The molecule has 192 valence electrons. The second-order valence-electron chi connectivity index (χ2n) is 12.8. The van der Waals surface area contributed by atoms with Gasteiger partial charge in [-0.1, -0.05) is 32.4 Å². The molecule has 5 heteroatoms. The van der Waals surface area contributed by atoms with Crippen LogP contribution in [0.4, 0.5) is 5.69 Å². The highest BCUT2D eigenvalue weighted by Gasteiger charge is 2.61. The quantitative estimate of drug-likeness (QED) is 0.467. The second kappa shape index (κ2) is 9.39. The number of amides is 2. The zero-order chi connectivity index (χ0) is 25.0. The first-order valence-electron chi connectivity index (χ1n) is 13.9. The van der Waals surface area contributed by atoms with Gasteiger partial charge in [0, 0.05) is 36.6 Å². The molecule has 0 radical (unpaired) electrons. The van der Waals surface area contributed by atoms with Gasteiger partial charge >= 0.3 is 0 Å². The molecule has 1 heterocycles. The number of piperidine rings is 1. The van der Waals surface area contributed by atoms with Crippen molar-refractivity contribution < 1.29 is 9.59 Å². The molecule has 8 atom stereocenters. The summed E-state index contributed by atoms with van der Waals surface area (Å²) in [7, 11) is 2.05. The summed E-state index contributed by atoms with van der Waals surface area (Å²) in [5.41, 5.74) is 1.50. The number of rotatable bonds is 5. The van der Waals surface area contributed by atoms with Gasteiger partial charge in [0.05, 0.1) is 0 Å². The molecular formula is C30H43ClN2O2. The van der Waals surface area contributed by atoms with Crippen molar-refractivity contribution in [3.05, 3.63) is 29.3 Å². The molecule has 3 aliphatic carbocycles. The maximum absolute atomic E-state index is 12.6. The van der Waals surface area contributed by atoms with E-state index in [1.165, 1.54) is 38.5 Å². The van der Waals surface area contributed by atoms with Crippen LogP contribution in [0.3, 0.4) is 0 Å². The molecule has 4 fully saturated rings. The molecule has 1 aromatic rings. The number of nitrogens with one attached hydrogen (secondary N) is 1. The molecule has 1 aliphatic heterocycles. The van der Waals surface area contributed by atoms with E-state index < -0.39 is 0 Å². The van der Waals surface area contributed by atoms with Gasteiger partial charge in [0.2, 0.25) is 11.8 Å². The van der Waals surface area contributed by atoms with E-state index >= 15 is 0 Å². The fourth-order valence-electron chi connectivity index (χ4n) is 9.44. The number of anilines is 1. The lowest BCUT2D eigenvalue weighted by Gasteiger charge is -2.62. The summed E-state index contributed by atoms with van der Waals surface area (Å²) < 4.78 is 0. The monoisotopic (exact) mass is 498 g/mol. The summed E-state index contributed by atoms with van der Waals surface area (Å²) >= 11 is 5.96. The summed E-state index contributed by atoms with van der Waals surface area (Å²) in [6.45, 7) is 7.48. The Morgan fingerprint density at radius 3 is 2.51 bits per heavy atom. The zero-order valence-electron chi connectivity index (χ0n) is 22.0. The van der Waals surface area contributed by atoms with Crippen molar-refractivity contribution in [1.29, 1.82) is 0 Å². The number of hydrogen-bond donors (Lipinski definition) is 1. The Morgan fingerprint density at radius 2 is 1.77 bits per heavy atom. The molecule has 3 saturated carbocycles. The number of hydrogen-bond acceptors (Lipinski definition) is 2. The fourth-order valence-corrected chi connectivity index (χ4v) is 9.57. The molecule has 0 unspecified atom stereocenters. The lowest BCUT2D eigenvalue weighted by molar-refractivity contribution is -0.158. The maximum atomic E-state index is 12.6. The van der Waals surface area contributed by atoms with Crippen molar-refractivity contribution in [2.45, 2.75) is 91.0 Å². The standard InChI is InChI=1S/C30H43ClN2O2/c1-19(5-14-27(34)32-21-8-6-20(31)7-9-21)23-11-12-24-22-10-13-26-30(3,18-16-28(35)33(26)4)25(22)15-17-29(23,24)2/h6-9,19,22-26H,5,10-18H2,1-4H3,(H,32,34)/t19-,22+,23-,24+,25+,26-,29-,30-/m1/s1. The third-order valence-corrected chi connectivity index (χ3v) is 11.5. The number of halogens is 1. The van der Waals surface area contributed by atoms with Gasteiger partial charge in [0.1, 0.15) is 0 Å². The lowest BCUT2D eigenvalue weighted by Crippen LogP contribution is -2.61. The minimum Gasteiger partial charge on any atom is -0.342 e. The smallest absolute Gasteiger partial charge is 0.224 e. The van der Waals surface area contributed by atoms with Crippen LogP contribution in [-0.4, -0.2) is 29.8 Å². The Kier molecular flexibility index (Phi) is 6.74. The minimum absolute atomic E-state index is 0.102. The molecule has 1 aromatic carbocycles. The molecule has 1 N–H and O–H groups in total. The van der Waals surface area contributed by atoms with E-state index in [-0.39, 0.29) is 11.3 Å². The Bertz CT molecular complexity index is 964. The van der Waals surface area contributed by atoms with Crippen molar-refractivity contribution in [3.8, 4) is 0 Å². The SMILES string of the molecule is C[C@H](CCC(=O)Nc1ccc(Cl)cc1)[C@H]1CC[C@H]2[C@@H]3CC[C@H]4N(C)C(=O)CC[C@]4(C)[C@H]3CC[C@]12C. The predicted molar refractivity (Wildman–Crippen MR) is 142 cm³/mol. The number of nitrogens with zero attached hydrogens (tertiary/aromatic N) is 1. The summed E-state index contributed by atoms with van der Waals surface area (Å²) in [5, 5.41) is 3.71. The summed E-state index contributed by atoms with van der Waals surface area (Å²) in [6.07, 6.45) is 11.1. The van der Waals surface area contributed by atoms with Crippen molar-refractivity contribution in [2.75, 3.05) is 12.4 Å². The van der Waals surface area contributed by atoms with Crippen molar-refractivity contribution in [2.24, 2.45) is 40.4 Å². The number of benzene rings is 1. The van der Waals surface area contributed by atoms with Gasteiger partial charge < -0.3 is 10.2 Å². The topological polar surface area (TPSA) is 49.4 Å². The Balaban J connectivity index is 1.22. The first kappa shape index (κ1) is 25.1. The van der Waals surface area contributed by atoms with Crippen LogP contribution in [0, 0.1) is 40.4 Å². The van der Waals surface area contributed by atoms with Crippen LogP contribution < -0.4 is 5.32 Å². The normalized spacial score (nSPS) is 39.4. The van der Waals surface area contributed by atoms with Crippen LogP contribution in [-0.2, 0) is 9.59 Å². The van der Waals surface area contributed by atoms with Crippen LogP contribution in [0.2, 0.25) is 5.02 Å². The van der Waals surface area contributed by atoms with Gasteiger partial charge in [-0.2, -0.15) is 0 Å². The van der Waals surface area contributed by atoms with Gasteiger partial charge in [0.25, 0.3) is 0 Å². The van der Waals surface area contributed by atoms with Gasteiger partial charge in [-0.3, -0.25) is 9.59 Å². The number of likely N-dealkylation sites (tertiary alicyclic amines) is 1. The van der Waals surface area contributed by atoms with Gasteiger partial charge in [0.15, 0.2) is 0 Å². The average Bonchev–Trinajstić information content (AvgIpc) is 3.19. The van der Waals surface area contributed by atoms with Gasteiger partial charge in [-0.15, -0.1) is 0 Å². The molecule has 4 nitrogen and oxygen atoms in total. The Labute approximate surface area is 216 Å². The van der Waals surface area contributed by atoms with Crippen LogP contribution >= 0.6 is 11.6 Å². The highest BCUT2D eigenvalue weighted by Crippen LogP contribution is 2.67. The van der Waals surface area contributed by atoms with Crippen molar-refractivity contribution >= 4 is 29.1 Å². The molecule has 2 amide bonds. The highest BCUT2D eigenvalue weighted by atomic mass is 35.5. The van der Waals surface area contributed by atoms with E-state index in [4.69, 9.17) is 11.6 Å². The largest absolute Gasteiger partial charge is 0.342 e. The average molecular weight is 499 g/mol. The summed E-state index contributed by atoms with van der Waals surface area (Å²) in [4.78, 5) is 27.1. The second-order valence-corrected chi connectivity index (χ2v) is 13.2. The van der Waals surface area contributed by atoms with Crippen molar-refractivity contribution in [1.82, 2.24) is 4.90 Å². The zero-order valence-corrected chi connectivity index (χ0v) is 22.7. The van der Waals surface area contributed by atoms with E-state index in [0.29, 0.717) is 40.6 Å². The number of fused-ring (bicyclic) bond motifs is 5. The van der Waals surface area contributed by atoms with Gasteiger partial charge in [-0.25, -0.2) is 0 Å². The van der Waals surface area contributed by atoms with E-state index in [2.05, 4.69) is 31.0 Å². The number of carbonyl (C=O) groups excluding carboxylic acids is 2. The van der Waals surface area contributed by atoms with Crippen LogP contribution in [0.1, 0.15) is 85.0 Å². The van der Waals surface area contributed by atoms with E-state index in [0.717, 1.165) is 42.7 Å². The molecular weight excluding hydrogens is 456 g/mol. The first-order valence-corrected chi connectivity index (χ1v) is 14.3.